The van der Waals surface area contributed by atoms with E-state index in [1.54, 1.807) is 7.11 Å². The third-order valence-corrected chi connectivity index (χ3v) is 5.71. The van der Waals surface area contributed by atoms with Crippen molar-refractivity contribution in [2.75, 3.05) is 21.3 Å². The van der Waals surface area contributed by atoms with Crippen molar-refractivity contribution in [3.05, 3.63) is 29.8 Å². The summed E-state index contributed by atoms with van der Waals surface area (Å²) >= 11 is 0. The third-order valence-electron chi connectivity index (χ3n) is 5.71. The number of nitrogens with zero attached hydrogens (tertiary/aromatic N) is 1. The van der Waals surface area contributed by atoms with Gasteiger partial charge in [-0.2, -0.15) is 0 Å². The number of fused-ring (bicyclic) bond motifs is 1. The molecular formula is C21H27NO6. The molecule has 0 saturated heterocycles. The Morgan fingerprint density at radius 2 is 1.71 bits per heavy atom. The van der Waals surface area contributed by atoms with Crippen LogP contribution in [-0.4, -0.2) is 45.1 Å². The molecule has 152 valence electrons. The van der Waals surface area contributed by atoms with Gasteiger partial charge in [-0.15, -0.1) is 0 Å². The maximum Gasteiger partial charge on any atom is 0.320 e. The Morgan fingerprint density at radius 1 is 1.07 bits per heavy atom. The van der Waals surface area contributed by atoms with Crippen LogP contribution in [0.3, 0.4) is 0 Å². The third kappa shape index (κ3) is 4.13. The van der Waals surface area contributed by atoms with Crippen LogP contribution in [0, 0.1) is 11.8 Å². The van der Waals surface area contributed by atoms with Gasteiger partial charge in [0.05, 0.1) is 27.0 Å². The number of hydrogen-bond acceptors (Lipinski definition) is 7. The summed E-state index contributed by atoms with van der Waals surface area (Å²) in [5, 5.41) is 4.36. The van der Waals surface area contributed by atoms with Gasteiger partial charge in [0.2, 0.25) is 0 Å². The van der Waals surface area contributed by atoms with Gasteiger partial charge in [-0.25, -0.2) is 0 Å². The zero-order valence-electron chi connectivity index (χ0n) is 16.6. The number of benzene rings is 1. The lowest BCUT2D eigenvalue weighted by Crippen LogP contribution is -2.41. The molecular weight excluding hydrogens is 362 g/mol. The molecule has 0 spiro atoms. The van der Waals surface area contributed by atoms with E-state index in [0.29, 0.717) is 5.71 Å². The number of ether oxygens (including phenoxy) is 3. The number of carbonyl (C=O) groups excluding carboxylic acids is 2. The zero-order chi connectivity index (χ0) is 20.1. The quantitative estimate of drug-likeness (QED) is 0.549. The molecule has 7 heteroatoms. The Bertz CT molecular complexity index is 713. The van der Waals surface area contributed by atoms with Crippen LogP contribution in [0.1, 0.15) is 43.6 Å². The van der Waals surface area contributed by atoms with Gasteiger partial charge in [-0.05, 0) is 37.0 Å². The maximum absolute atomic E-state index is 12.2. The normalized spacial score (nSPS) is 23.9. The number of rotatable bonds is 6. The lowest BCUT2D eigenvalue weighted by atomic mass is 9.71. The average Bonchev–Trinajstić information content (AvgIpc) is 2.76. The summed E-state index contributed by atoms with van der Waals surface area (Å²) in [6.45, 7) is 0. The van der Waals surface area contributed by atoms with Crippen molar-refractivity contribution in [2.24, 2.45) is 17.0 Å². The molecule has 0 unspecified atom stereocenters. The summed E-state index contributed by atoms with van der Waals surface area (Å²) in [5.41, 5.74) is 1.75. The summed E-state index contributed by atoms with van der Waals surface area (Å²) in [6.07, 6.45) is 4.39. The average molecular weight is 389 g/mol. The first-order valence-corrected chi connectivity index (χ1v) is 9.61. The van der Waals surface area contributed by atoms with Crippen LogP contribution >= 0.6 is 0 Å². The van der Waals surface area contributed by atoms with Gasteiger partial charge >= 0.3 is 11.9 Å². The number of oxime groups is 1. The molecule has 1 aromatic rings. The number of esters is 2. The van der Waals surface area contributed by atoms with E-state index in [4.69, 9.17) is 19.0 Å². The Kier molecular flexibility index (Phi) is 6.54. The molecule has 0 aromatic heterocycles. The molecule has 28 heavy (non-hydrogen) atoms. The molecule has 0 amide bonds. The Morgan fingerprint density at radius 3 is 2.32 bits per heavy atom. The highest BCUT2D eigenvalue weighted by molar-refractivity contribution is 6.02. The first-order valence-electron chi connectivity index (χ1n) is 9.61. The van der Waals surface area contributed by atoms with Crippen LogP contribution in [-0.2, 0) is 23.9 Å². The molecule has 7 nitrogen and oxygen atoms in total. The molecule has 0 bridgehead atoms. The van der Waals surface area contributed by atoms with Crippen molar-refractivity contribution in [3.63, 3.8) is 0 Å². The van der Waals surface area contributed by atoms with Gasteiger partial charge in [0, 0.05) is 18.3 Å². The minimum atomic E-state index is -1.06. The minimum absolute atomic E-state index is 0.0261. The predicted molar refractivity (Wildman–Crippen MR) is 102 cm³/mol. The molecule has 1 fully saturated rings. The molecule has 1 aromatic carbocycles. The van der Waals surface area contributed by atoms with E-state index in [-0.39, 0.29) is 24.4 Å². The van der Waals surface area contributed by atoms with Gasteiger partial charge < -0.3 is 19.0 Å². The van der Waals surface area contributed by atoms with Crippen molar-refractivity contribution < 1.29 is 28.6 Å². The van der Waals surface area contributed by atoms with E-state index in [0.717, 1.165) is 37.0 Å². The second-order valence-corrected chi connectivity index (χ2v) is 7.23. The Hall–Kier alpha value is -2.57. The van der Waals surface area contributed by atoms with Gasteiger partial charge in [-0.3, -0.25) is 9.59 Å². The number of hydrogen-bond donors (Lipinski definition) is 0. The van der Waals surface area contributed by atoms with Gasteiger partial charge in [-0.1, -0.05) is 23.7 Å². The topological polar surface area (TPSA) is 83.4 Å². The van der Waals surface area contributed by atoms with E-state index in [1.165, 1.54) is 14.2 Å². The Labute approximate surface area is 165 Å². The van der Waals surface area contributed by atoms with Crippen molar-refractivity contribution in [2.45, 2.75) is 44.1 Å². The lowest BCUT2D eigenvalue weighted by Gasteiger charge is -2.40. The second-order valence-electron chi connectivity index (χ2n) is 7.23. The molecule has 3 rings (SSSR count). The van der Waals surface area contributed by atoms with Crippen molar-refractivity contribution in [3.8, 4) is 5.75 Å². The van der Waals surface area contributed by atoms with Gasteiger partial charge in [0.15, 0.2) is 5.92 Å². The van der Waals surface area contributed by atoms with E-state index >= 15 is 0 Å². The molecule has 2 aliphatic rings. The van der Waals surface area contributed by atoms with Crippen molar-refractivity contribution >= 4 is 17.7 Å². The number of methoxy groups -OCH3 is 3. The highest BCUT2D eigenvalue weighted by Crippen LogP contribution is 2.43. The van der Waals surface area contributed by atoms with Gasteiger partial charge in [0.25, 0.3) is 0 Å². The standard InChI is InChI=1S/C21H27NO6/c1-25-14-10-8-13(9-11-14)19-15-6-4-5-7-18(15)28-22-17(19)12-16(20(23)26-2)21(24)27-3/h8-11,15-16,18-19H,4-7,12H2,1-3H3/t15-,18+,19+/m0/s1. The van der Waals surface area contributed by atoms with E-state index in [9.17, 15) is 9.59 Å². The summed E-state index contributed by atoms with van der Waals surface area (Å²) in [4.78, 5) is 30.1. The molecule has 1 saturated carbocycles. The summed E-state index contributed by atoms with van der Waals surface area (Å²) in [5.74, 6) is -1.32. The summed E-state index contributed by atoms with van der Waals surface area (Å²) in [7, 11) is 4.15. The fraction of sp³-hybridized carbons (Fsp3) is 0.571. The smallest absolute Gasteiger partial charge is 0.320 e. The number of carbonyl (C=O) groups is 2. The fourth-order valence-electron chi connectivity index (χ4n) is 4.25. The molecule has 0 radical (unpaired) electrons. The van der Waals surface area contributed by atoms with Crippen LogP contribution in [0.15, 0.2) is 29.4 Å². The summed E-state index contributed by atoms with van der Waals surface area (Å²) < 4.78 is 14.9. The molecule has 1 heterocycles. The highest BCUT2D eigenvalue weighted by Gasteiger charge is 2.43. The highest BCUT2D eigenvalue weighted by atomic mass is 16.6. The van der Waals surface area contributed by atoms with E-state index < -0.39 is 17.9 Å². The van der Waals surface area contributed by atoms with Crippen molar-refractivity contribution in [1.82, 2.24) is 0 Å². The Balaban J connectivity index is 1.94. The maximum atomic E-state index is 12.2. The molecule has 1 aliphatic heterocycles. The monoisotopic (exact) mass is 389 g/mol. The van der Waals surface area contributed by atoms with Crippen LogP contribution in [0.5, 0.6) is 5.75 Å². The first kappa shape index (κ1) is 20.2. The van der Waals surface area contributed by atoms with Crippen LogP contribution < -0.4 is 4.74 Å². The van der Waals surface area contributed by atoms with Crippen LogP contribution in [0.25, 0.3) is 0 Å². The fourth-order valence-corrected chi connectivity index (χ4v) is 4.25. The first-order chi connectivity index (χ1) is 13.6. The molecule has 3 atom stereocenters. The van der Waals surface area contributed by atoms with Gasteiger partial charge in [0.1, 0.15) is 11.9 Å². The largest absolute Gasteiger partial charge is 0.497 e. The SMILES string of the molecule is COC(=O)C(CC1=NO[C@@H]2CCCC[C@@H]2[C@H]1c1ccc(OC)cc1)C(=O)OC. The molecule has 1 aliphatic carbocycles. The van der Waals surface area contributed by atoms with Crippen molar-refractivity contribution in [1.29, 1.82) is 0 Å². The molecule has 0 N–H and O–H groups in total. The zero-order valence-corrected chi connectivity index (χ0v) is 16.6. The summed E-state index contributed by atoms with van der Waals surface area (Å²) in [6, 6.07) is 7.86. The minimum Gasteiger partial charge on any atom is -0.497 e. The predicted octanol–water partition coefficient (Wildman–Crippen LogP) is 3.08. The second kappa shape index (κ2) is 9.08. The van der Waals surface area contributed by atoms with E-state index in [2.05, 4.69) is 5.16 Å². The van der Waals surface area contributed by atoms with E-state index in [1.807, 2.05) is 24.3 Å². The van der Waals surface area contributed by atoms with Crippen LogP contribution in [0.2, 0.25) is 0 Å². The van der Waals surface area contributed by atoms with Crippen LogP contribution in [0.4, 0.5) is 0 Å². The lowest BCUT2D eigenvalue weighted by molar-refractivity contribution is -0.158.